The molecule has 0 aliphatic carbocycles. The highest BCUT2D eigenvalue weighted by atomic mass is 19.4. The minimum Gasteiger partial charge on any atom is -0.427 e. The number of piperidine rings is 3. The molecule has 226 valence electrons. The van der Waals surface area contributed by atoms with E-state index in [0.29, 0.717) is 49.2 Å². The van der Waals surface area contributed by atoms with Gasteiger partial charge in [-0.2, -0.15) is 26.3 Å². The van der Waals surface area contributed by atoms with Gasteiger partial charge in [0.1, 0.15) is 0 Å². The van der Waals surface area contributed by atoms with Crippen molar-refractivity contribution >= 4 is 11.9 Å². The molecule has 12 heteroatoms. The highest BCUT2D eigenvalue weighted by Gasteiger charge is 2.76. The molecule has 0 N–H and O–H groups in total. The molecule has 6 nitrogen and oxygen atoms in total. The fourth-order valence-corrected chi connectivity index (χ4v) is 6.68. The first-order chi connectivity index (χ1) is 20.3. The third-order valence-electron chi connectivity index (χ3n) is 8.42. The molecule has 4 fully saturated rings. The molecule has 4 aliphatic rings. The van der Waals surface area contributed by atoms with E-state index in [9.17, 15) is 35.9 Å². The number of carbonyl (C=O) groups is 2. The molecule has 3 aromatic rings. The number of ether oxygens (including phenoxy) is 3. The number of benzene rings is 3. The van der Waals surface area contributed by atoms with E-state index >= 15 is 0 Å². The quantitative estimate of drug-likeness (QED) is 0.187. The van der Waals surface area contributed by atoms with Gasteiger partial charge in [0.2, 0.25) is 5.72 Å². The zero-order valence-electron chi connectivity index (χ0n) is 22.5. The van der Waals surface area contributed by atoms with Crippen molar-refractivity contribution in [3.05, 3.63) is 107 Å². The SMILES string of the molecule is O=C1OC2(OCc3cc(C(F)(F)F)cc(C(F)(F)F)c3)C3CCN(CC3)C2(C(c2ccccc2)c2ccccc2)OC1=O. The summed E-state index contributed by atoms with van der Waals surface area (Å²) in [5.41, 5.74) is -3.94. The molecular weight excluding hydrogens is 580 g/mol. The number of hydrogen-bond acceptors (Lipinski definition) is 6. The summed E-state index contributed by atoms with van der Waals surface area (Å²) in [5, 5.41) is 0. The zero-order chi connectivity index (χ0) is 30.6. The van der Waals surface area contributed by atoms with Crippen LogP contribution < -0.4 is 0 Å². The minimum absolute atomic E-state index is 0.0314. The van der Waals surface area contributed by atoms with Crippen molar-refractivity contribution in [1.29, 1.82) is 0 Å². The molecular formula is C31H25F6NO5. The Hall–Kier alpha value is -3.90. The van der Waals surface area contributed by atoms with E-state index in [-0.39, 0.29) is 6.07 Å². The molecule has 2 unspecified atom stereocenters. The molecule has 7 rings (SSSR count). The average molecular weight is 606 g/mol. The topological polar surface area (TPSA) is 65.1 Å². The molecule has 4 aliphatic heterocycles. The highest BCUT2D eigenvalue weighted by Crippen LogP contribution is 2.59. The summed E-state index contributed by atoms with van der Waals surface area (Å²) in [6, 6.07) is 19.0. The van der Waals surface area contributed by atoms with Gasteiger partial charge in [-0.1, -0.05) is 60.7 Å². The van der Waals surface area contributed by atoms with Crippen LogP contribution in [0, 0.1) is 5.92 Å². The number of rotatable bonds is 6. The molecule has 4 saturated heterocycles. The van der Waals surface area contributed by atoms with Crippen LogP contribution in [-0.2, 0) is 42.8 Å². The smallest absolute Gasteiger partial charge is 0.420 e. The summed E-state index contributed by atoms with van der Waals surface area (Å²) >= 11 is 0. The molecule has 2 atom stereocenters. The minimum atomic E-state index is -5.06. The number of esters is 2. The van der Waals surface area contributed by atoms with Crippen LogP contribution in [0.15, 0.2) is 78.9 Å². The van der Waals surface area contributed by atoms with Crippen molar-refractivity contribution in [2.24, 2.45) is 5.92 Å². The van der Waals surface area contributed by atoms with Crippen LogP contribution >= 0.6 is 0 Å². The largest absolute Gasteiger partial charge is 0.427 e. The van der Waals surface area contributed by atoms with E-state index in [4.69, 9.17) is 14.2 Å². The monoisotopic (exact) mass is 605 g/mol. The number of fused-ring (bicyclic) bond motifs is 2. The summed E-state index contributed by atoms with van der Waals surface area (Å²) in [6.07, 6.45) is -9.29. The van der Waals surface area contributed by atoms with Gasteiger partial charge in [0, 0.05) is 19.0 Å². The van der Waals surface area contributed by atoms with Crippen molar-refractivity contribution in [2.75, 3.05) is 13.1 Å². The number of nitrogens with zero attached hydrogens (tertiary/aromatic N) is 1. The summed E-state index contributed by atoms with van der Waals surface area (Å²) in [6.45, 7) is 0.0390. The maximum absolute atomic E-state index is 13.6. The van der Waals surface area contributed by atoms with Gasteiger partial charge in [0.25, 0.3) is 5.79 Å². The summed E-state index contributed by atoms with van der Waals surface area (Å²) in [7, 11) is 0. The van der Waals surface area contributed by atoms with Gasteiger partial charge in [0.05, 0.1) is 23.7 Å². The Morgan fingerprint density at radius 3 is 1.74 bits per heavy atom. The van der Waals surface area contributed by atoms with Crippen molar-refractivity contribution < 1.29 is 50.1 Å². The molecule has 0 aromatic heterocycles. The van der Waals surface area contributed by atoms with Gasteiger partial charge in [-0.15, -0.1) is 0 Å². The fourth-order valence-electron chi connectivity index (χ4n) is 6.68. The van der Waals surface area contributed by atoms with Gasteiger partial charge >= 0.3 is 24.3 Å². The third-order valence-corrected chi connectivity index (χ3v) is 8.42. The molecule has 3 aromatic carbocycles. The first-order valence-corrected chi connectivity index (χ1v) is 13.6. The first kappa shape index (κ1) is 29.2. The molecule has 0 radical (unpaired) electrons. The van der Waals surface area contributed by atoms with Crippen LogP contribution in [0.3, 0.4) is 0 Å². The third kappa shape index (κ3) is 4.86. The number of alkyl halides is 6. The second-order valence-corrected chi connectivity index (χ2v) is 10.9. The Balaban J connectivity index is 1.53. The Bertz CT molecular complexity index is 1450. The molecule has 0 amide bonds. The van der Waals surface area contributed by atoms with Crippen LogP contribution in [0.5, 0.6) is 0 Å². The normalized spacial score (nSPS) is 27.0. The number of carbonyl (C=O) groups excluding carboxylic acids is 2. The Morgan fingerprint density at radius 2 is 1.26 bits per heavy atom. The first-order valence-electron chi connectivity index (χ1n) is 13.6. The molecule has 43 heavy (non-hydrogen) atoms. The summed E-state index contributed by atoms with van der Waals surface area (Å²) in [5.74, 6) is -6.09. The number of halogens is 6. The average Bonchev–Trinajstić information content (AvgIpc) is 2.98. The second-order valence-electron chi connectivity index (χ2n) is 10.9. The van der Waals surface area contributed by atoms with E-state index in [1.165, 1.54) is 0 Å². The van der Waals surface area contributed by atoms with Crippen LogP contribution in [0.4, 0.5) is 26.3 Å². The summed E-state index contributed by atoms with van der Waals surface area (Å²) in [4.78, 5) is 27.7. The zero-order valence-corrected chi connectivity index (χ0v) is 22.5. The Labute approximate surface area is 242 Å². The maximum Gasteiger partial charge on any atom is 0.420 e. The highest BCUT2D eigenvalue weighted by molar-refractivity contribution is 6.30. The fraction of sp³-hybridized carbons (Fsp3) is 0.355. The van der Waals surface area contributed by atoms with Crippen molar-refractivity contribution in [1.82, 2.24) is 4.90 Å². The van der Waals surface area contributed by atoms with Gasteiger partial charge in [-0.25, -0.2) is 9.59 Å². The molecule has 2 bridgehead atoms. The lowest BCUT2D eigenvalue weighted by Gasteiger charge is -2.65. The van der Waals surface area contributed by atoms with Crippen LogP contribution in [0.2, 0.25) is 0 Å². The lowest BCUT2D eigenvalue weighted by atomic mass is 9.66. The van der Waals surface area contributed by atoms with E-state index in [1.54, 1.807) is 60.7 Å². The number of hydrogen-bond donors (Lipinski definition) is 0. The lowest BCUT2D eigenvalue weighted by molar-refractivity contribution is -0.417. The van der Waals surface area contributed by atoms with Gasteiger partial charge in [-0.05, 0) is 47.7 Å². The maximum atomic E-state index is 13.6. The van der Waals surface area contributed by atoms with Crippen LogP contribution in [-0.4, -0.2) is 41.4 Å². The molecule has 4 heterocycles. The summed E-state index contributed by atoms with van der Waals surface area (Å²) < 4.78 is 99.9. The van der Waals surface area contributed by atoms with Crippen molar-refractivity contribution in [2.45, 2.75) is 49.2 Å². The van der Waals surface area contributed by atoms with Crippen LogP contribution in [0.25, 0.3) is 0 Å². The van der Waals surface area contributed by atoms with Crippen LogP contribution in [0.1, 0.15) is 46.6 Å². The van der Waals surface area contributed by atoms with Crippen molar-refractivity contribution in [3.8, 4) is 0 Å². The van der Waals surface area contributed by atoms with E-state index < -0.39 is 70.9 Å². The Morgan fingerprint density at radius 1 is 0.767 bits per heavy atom. The van der Waals surface area contributed by atoms with E-state index in [2.05, 4.69) is 0 Å². The predicted molar refractivity (Wildman–Crippen MR) is 138 cm³/mol. The van der Waals surface area contributed by atoms with Gasteiger partial charge in [0.15, 0.2) is 0 Å². The van der Waals surface area contributed by atoms with Crippen molar-refractivity contribution in [3.63, 3.8) is 0 Å². The lowest BCUT2D eigenvalue weighted by Crippen LogP contribution is -2.82. The molecule has 0 saturated carbocycles. The van der Waals surface area contributed by atoms with Gasteiger partial charge in [-0.3, -0.25) is 4.90 Å². The molecule has 0 spiro atoms. The Kier molecular flexibility index (Phi) is 7.04. The van der Waals surface area contributed by atoms with E-state index in [1.807, 2.05) is 4.90 Å². The standard InChI is InChI=1S/C31H25F6NO5/c32-30(33,34)23-15-19(16-24(17-23)31(35,36)37)18-41-29-22-11-13-38(14-12-22)28(29,42-26(39)27(40)43-29)25(20-7-3-1-4-8-20)21-9-5-2-6-10-21/h1-10,15-17,22,25H,11-14,18H2. The predicted octanol–water partition coefficient (Wildman–Crippen LogP) is 6.29. The second kappa shape index (κ2) is 10.4. The van der Waals surface area contributed by atoms with E-state index in [0.717, 1.165) is 0 Å². The van der Waals surface area contributed by atoms with Gasteiger partial charge < -0.3 is 14.2 Å².